The maximum Gasteiger partial charge on any atom is 0.257 e. The molecule has 2 aromatic carbocycles. The van der Waals surface area contributed by atoms with E-state index in [0.717, 1.165) is 0 Å². The highest BCUT2D eigenvalue weighted by atomic mass is 19.1. The molecule has 6 nitrogen and oxygen atoms in total. The van der Waals surface area contributed by atoms with Crippen molar-refractivity contribution >= 4 is 23.2 Å². The predicted molar refractivity (Wildman–Crippen MR) is 109 cm³/mol. The van der Waals surface area contributed by atoms with Crippen molar-refractivity contribution in [2.45, 2.75) is 20.0 Å². The number of hydrogen-bond donors (Lipinski definition) is 2. The molecule has 3 rings (SSSR count). The largest absolute Gasteiger partial charge is 0.489 e. The number of para-hydroxylation sites is 2. The zero-order chi connectivity index (χ0) is 20.8. The van der Waals surface area contributed by atoms with Gasteiger partial charge in [0.25, 0.3) is 11.8 Å². The van der Waals surface area contributed by atoms with E-state index in [-0.39, 0.29) is 17.2 Å². The number of carbonyl (C=O) groups excluding carboxylic acids is 2. The van der Waals surface area contributed by atoms with Gasteiger partial charge in [0.1, 0.15) is 11.6 Å². The standard InChI is InChI=1S/C22H20FN3O3/c1-14(2)29-20-9-4-3-8-19(20)26-22(28)16-10-15(12-24-13-16)21(27)25-18-7-5-6-17(23)11-18/h3-14H,1-2H3,(H,25,27)(H,26,28). The molecule has 7 heteroatoms. The highest BCUT2D eigenvalue weighted by molar-refractivity contribution is 6.08. The number of amides is 2. The van der Waals surface area contributed by atoms with Gasteiger partial charge in [-0.05, 0) is 50.2 Å². The Morgan fingerprint density at radius 3 is 2.31 bits per heavy atom. The van der Waals surface area contributed by atoms with Gasteiger partial charge in [0.2, 0.25) is 0 Å². The van der Waals surface area contributed by atoms with Gasteiger partial charge in [-0.25, -0.2) is 4.39 Å². The third kappa shape index (κ3) is 5.38. The van der Waals surface area contributed by atoms with E-state index >= 15 is 0 Å². The number of nitrogens with one attached hydrogen (secondary N) is 2. The summed E-state index contributed by atoms with van der Waals surface area (Å²) in [6.07, 6.45) is 2.64. The number of rotatable bonds is 6. The summed E-state index contributed by atoms with van der Waals surface area (Å²) >= 11 is 0. The van der Waals surface area contributed by atoms with Crippen LogP contribution in [-0.4, -0.2) is 22.9 Å². The first-order valence-electron chi connectivity index (χ1n) is 9.01. The minimum absolute atomic E-state index is 0.0513. The fourth-order valence-electron chi connectivity index (χ4n) is 2.58. The Labute approximate surface area is 167 Å². The molecule has 0 atom stereocenters. The molecule has 2 N–H and O–H groups in total. The zero-order valence-corrected chi connectivity index (χ0v) is 16.0. The van der Waals surface area contributed by atoms with Gasteiger partial charge in [-0.15, -0.1) is 0 Å². The summed E-state index contributed by atoms with van der Waals surface area (Å²) in [6.45, 7) is 3.78. The average Bonchev–Trinajstić information content (AvgIpc) is 2.69. The summed E-state index contributed by atoms with van der Waals surface area (Å²) in [5.41, 5.74) is 1.20. The summed E-state index contributed by atoms with van der Waals surface area (Å²) < 4.78 is 19.0. The molecule has 0 saturated heterocycles. The van der Waals surface area contributed by atoms with Crippen molar-refractivity contribution in [2.75, 3.05) is 10.6 Å². The van der Waals surface area contributed by atoms with Crippen LogP contribution in [0.1, 0.15) is 34.6 Å². The molecule has 0 fully saturated rings. The fraction of sp³-hybridized carbons (Fsp3) is 0.136. The Morgan fingerprint density at radius 1 is 0.931 bits per heavy atom. The zero-order valence-electron chi connectivity index (χ0n) is 16.0. The average molecular weight is 393 g/mol. The van der Waals surface area contributed by atoms with Crippen molar-refractivity contribution in [2.24, 2.45) is 0 Å². The smallest absolute Gasteiger partial charge is 0.257 e. The van der Waals surface area contributed by atoms with Crippen LogP contribution in [0.25, 0.3) is 0 Å². The number of anilines is 2. The lowest BCUT2D eigenvalue weighted by atomic mass is 10.1. The number of hydrogen-bond acceptors (Lipinski definition) is 4. The molecule has 29 heavy (non-hydrogen) atoms. The summed E-state index contributed by atoms with van der Waals surface area (Å²) in [5, 5.41) is 5.35. The van der Waals surface area contributed by atoms with Crippen molar-refractivity contribution in [3.63, 3.8) is 0 Å². The van der Waals surface area contributed by atoms with E-state index in [4.69, 9.17) is 4.74 Å². The summed E-state index contributed by atoms with van der Waals surface area (Å²) in [6, 6.07) is 14.0. The van der Waals surface area contributed by atoms with Gasteiger partial charge in [0.15, 0.2) is 0 Å². The predicted octanol–water partition coefficient (Wildman–Crippen LogP) is 4.51. The van der Waals surface area contributed by atoms with E-state index in [0.29, 0.717) is 17.1 Å². The second-order valence-corrected chi connectivity index (χ2v) is 6.54. The van der Waals surface area contributed by atoms with E-state index in [9.17, 15) is 14.0 Å². The number of ether oxygens (including phenoxy) is 1. The van der Waals surface area contributed by atoms with Gasteiger partial charge in [-0.2, -0.15) is 0 Å². The van der Waals surface area contributed by atoms with E-state index < -0.39 is 17.6 Å². The van der Waals surface area contributed by atoms with Crippen LogP contribution in [0.15, 0.2) is 67.0 Å². The number of pyridine rings is 1. The Morgan fingerprint density at radius 2 is 1.62 bits per heavy atom. The molecule has 0 aliphatic rings. The third-order valence-electron chi connectivity index (χ3n) is 3.84. The third-order valence-corrected chi connectivity index (χ3v) is 3.84. The number of nitrogens with zero attached hydrogens (tertiary/aromatic N) is 1. The van der Waals surface area contributed by atoms with Crippen molar-refractivity contribution in [1.82, 2.24) is 4.98 Å². The van der Waals surface area contributed by atoms with Crippen molar-refractivity contribution < 1.29 is 18.7 Å². The minimum atomic E-state index is -0.499. The highest BCUT2D eigenvalue weighted by Gasteiger charge is 2.14. The minimum Gasteiger partial charge on any atom is -0.489 e. The molecule has 0 bridgehead atoms. The molecule has 0 unspecified atom stereocenters. The molecule has 148 valence electrons. The van der Waals surface area contributed by atoms with E-state index in [2.05, 4.69) is 15.6 Å². The molecule has 0 aliphatic carbocycles. The first-order valence-corrected chi connectivity index (χ1v) is 9.01. The van der Waals surface area contributed by atoms with Gasteiger partial charge in [0, 0.05) is 18.1 Å². The molecule has 1 aromatic heterocycles. The Hall–Kier alpha value is -3.74. The SMILES string of the molecule is CC(C)Oc1ccccc1NC(=O)c1cncc(C(=O)Nc2cccc(F)c2)c1. The van der Waals surface area contributed by atoms with E-state index in [1.807, 2.05) is 19.9 Å². The Bertz CT molecular complexity index is 1040. The second kappa shape index (κ2) is 8.97. The van der Waals surface area contributed by atoms with Crippen LogP contribution >= 0.6 is 0 Å². The summed E-state index contributed by atoms with van der Waals surface area (Å²) in [5.74, 6) is -0.848. The van der Waals surface area contributed by atoms with Gasteiger partial charge in [-0.1, -0.05) is 18.2 Å². The molecule has 0 radical (unpaired) electrons. The fourth-order valence-corrected chi connectivity index (χ4v) is 2.58. The van der Waals surface area contributed by atoms with Gasteiger partial charge < -0.3 is 15.4 Å². The van der Waals surface area contributed by atoms with Gasteiger partial charge >= 0.3 is 0 Å². The molecule has 3 aromatic rings. The number of benzene rings is 2. The van der Waals surface area contributed by atoms with Crippen LogP contribution in [0.3, 0.4) is 0 Å². The van der Waals surface area contributed by atoms with Crippen LogP contribution in [-0.2, 0) is 0 Å². The Kier molecular flexibility index (Phi) is 6.19. The lowest BCUT2D eigenvalue weighted by Crippen LogP contribution is -2.17. The molecule has 0 saturated carbocycles. The second-order valence-electron chi connectivity index (χ2n) is 6.54. The van der Waals surface area contributed by atoms with Gasteiger partial charge in [-0.3, -0.25) is 14.6 Å². The molecule has 0 aliphatic heterocycles. The molecular weight excluding hydrogens is 373 g/mol. The monoisotopic (exact) mass is 393 g/mol. The molecule has 0 spiro atoms. The van der Waals surface area contributed by atoms with E-state index in [1.165, 1.54) is 36.7 Å². The molecular formula is C22H20FN3O3. The van der Waals surface area contributed by atoms with E-state index in [1.54, 1.807) is 24.3 Å². The molecule has 2 amide bonds. The maximum atomic E-state index is 13.3. The number of aromatic nitrogens is 1. The lowest BCUT2D eigenvalue weighted by molar-refractivity contribution is 0.102. The number of carbonyl (C=O) groups is 2. The van der Waals surface area contributed by atoms with Crippen molar-refractivity contribution in [3.8, 4) is 5.75 Å². The highest BCUT2D eigenvalue weighted by Crippen LogP contribution is 2.25. The van der Waals surface area contributed by atoms with Gasteiger partial charge in [0.05, 0.1) is 22.9 Å². The quantitative estimate of drug-likeness (QED) is 0.646. The number of halogens is 1. The van der Waals surface area contributed by atoms with Crippen LogP contribution in [0, 0.1) is 5.82 Å². The first kappa shape index (κ1) is 20.0. The topological polar surface area (TPSA) is 80.3 Å². The normalized spacial score (nSPS) is 10.5. The van der Waals surface area contributed by atoms with Crippen LogP contribution in [0.5, 0.6) is 5.75 Å². The van der Waals surface area contributed by atoms with Crippen LogP contribution in [0.2, 0.25) is 0 Å². The first-order chi connectivity index (χ1) is 13.9. The maximum absolute atomic E-state index is 13.3. The summed E-state index contributed by atoms with van der Waals surface area (Å²) in [7, 11) is 0. The Balaban J connectivity index is 1.75. The van der Waals surface area contributed by atoms with Crippen LogP contribution in [0.4, 0.5) is 15.8 Å². The van der Waals surface area contributed by atoms with Crippen molar-refractivity contribution in [1.29, 1.82) is 0 Å². The summed E-state index contributed by atoms with van der Waals surface area (Å²) in [4.78, 5) is 29.0. The van der Waals surface area contributed by atoms with Crippen molar-refractivity contribution in [3.05, 3.63) is 83.9 Å². The lowest BCUT2D eigenvalue weighted by Gasteiger charge is -2.15. The van der Waals surface area contributed by atoms with Crippen LogP contribution < -0.4 is 15.4 Å². The molecule has 1 heterocycles.